The summed E-state index contributed by atoms with van der Waals surface area (Å²) >= 11 is 1.30. The maximum Gasteiger partial charge on any atom is 0.230 e. The smallest absolute Gasteiger partial charge is 0.230 e. The number of ether oxygens (including phenoxy) is 2. The molecule has 0 bridgehead atoms. The molecule has 0 atom stereocenters. The molecule has 0 radical (unpaired) electrons. The van der Waals surface area contributed by atoms with Crippen LogP contribution in [0.15, 0.2) is 23.2 Å². The van der Waals surface area contributed by atoms with Gasteiger partial charge in [-0.05, 0) is 50.8 Å². The molecule has 0 saturated heterocycles. The van der Waals surface area contributed by atoms with E-state index in [1.807, 2.05) is 25.1 Å². The molecule has 1 aromatic carbocycles. The molecule has 0 spiro atoms. The van der Waals surface area contributed by atoms with Crippen LogP contribution in [0.3, 0.4) is 0 Å². The van der Waals surface area contributed by atoms with Gasteiger partial charge in [0, 0.05) is 12.5 Å². The Balaban J connectivity index is 1.31. The number of Topliss-reactive ketones (excluding diaryl/α,β-unsaturated/α-hetero) is 1. The third kappa shape index (κ3) is 4.92. The second kappa shape index (κ2) is 9.04. The number of benzene rings is 1. The number of fused-ring (bicyclic) bond motifs is 1. The largest absolute Gasteiger partial charge is 0.486 e. The first-order valence-corrected chi connectivity index (χ1v) is 11.2. The number of aryl methyl sites for hydroxylation is 1. The van der Waals surface area contributed by atoms with Crippen LogP contribution in [-0.2, 0) is 11.2 Å². The fraction of sp³-hybridized carbons (Fsp3) is 0.455. The summed E-state index contributed by atoms with van der Waals surface area (Å²) in [7, 11) is 0. The van der Waals surface area contributed by atoms with Gasteiger partial charge in [-0.15, -0.1) is 0 Å². The molecule has 1 saturated carbocycles. The highest BCUT2D eigenvalue weighted by atomic mass is 32.2. The Morgan fingerprint density at radius 3 is 2.67 bits per heavy atom. The number of amides is 1. The number of thioether (sulfide) groups is 1. The first kappa shape index (κ1) is 20.7. The maximum absolute atomic E-state index is 12.3. The molecule has 1 aliphatic heterocycles. The van der Waals surface area contributed by atoms with Gasteiger partial charge in [0.15, 0.2) is 17.3 Å². The standard InChI is InChI=1S/C22H25N3O4S/c1-13-20(14(2)26)22(25-21(24-13)16-4-5-16)30-12-19(27)23-8-7-15-3-6-17-18(11-15)29-10-9-28-17/h3,6,11,16H,4-5,7-10,12H2,1-2H3,(H,23,27). The number of carbonyl (C=O) groups excluding carboxylic acids is 2. The Hall–Kier alpha value is -2.61. The average Bonchev–Trinajstić information content (AvgIpc) is 3.57. The van der Waals surface area contributed by atoms with Crippen molar-refractivity contribution in [3.8, 4) is 11.5 Å². The van der Waals surface area contributed by atoms with Gasteiger partial charge < -0.3 is 14.8 Å². The van der Waals surface area contributed by atoms with Crippen LogP contribution in [0.4, 0.5) is 0 Å². The second-order valence-electron chi connectivity index (χ2n) is 7.54. The van der Waals surface area contributed by atoms with E-state index in [-0.39, 0.29) is 17.4 Å². The Labute approximate surface area is 180 Å². The Bertz CT molecular complexity index is 975. The van der Waals surface area contributed by atoms with Gasteiger partial charge in [0.05, 0.1) is 17.0 Å². The number of hydrogen-bond acceptors (Lipinski definition) is 7. The van der Waals surface area contributed by atoms with Crippen LogP contribution in [0.25, 0.3) is 0 Å². The highest BCUT2D eigenvalue weighted by Crippen LogP contribution is 2.39. The molecular weight excluding hydrogens is 402 g/mol. The van der Waals surface area contributed by atoms with Gasteiger partial charge in [-0.3, -0.25) is 9.59 Å². The molecule has 1 aliphatic carbocycles. The fourth-order valence-electron chi connectivity index (χ4n) is 3.38. The molecule has 1 amide bonds. The van der Waals surface area contributed by atoms with Crippen molar-refractivity contribution in [3.05, 3.63) is 40.8 Å². The SMILES string of the molecule is CC(=O)c1c(C)nc(C2CC2)nc1SCC(=O)NCCc1ccc2c(c1)OCCO2. The lowest BCUT2D eigenvalue weighted by molar-refractivity contribution is -0.118. The van der Waals surface area contributed by atoms with Gasteiger partial charge in [-0.25, -0.2) is 9.97 Å². The van der Waals surface area contributed by atoms with E-state index in [1.54, 1.807) is 0 Å². The number of nitrogens with one attached hydrogen (secondary N) is 1. The minimum Gasteiger partial charge on any atom is -0.486 e. The summed E-state index contributed by atoms with van der Waals surface area (Å²) < 4.78 is 11.1. The van der Waals surface area contributed by atoms with Crippen molar-refractivity contribution in [2.45, 2.75) is 44.1 Å². The van der Waals surface area contributed by atoms with Crippen LogP contribution in [0, 0.1) is 6.92 Å². The van der Waals surface area contributed by atoms with Gasteiger partial charge in [-0.1, -0.05) is 17.8 Å². The molecule has 30 heavy (non-hydrogen) atoms. The summed E-state index contributed by atoms with van der Waals surface area (Å²) in [5, 5.41) is 3.54. The Kier molecular flexibility index (Phi) is 6.22. The van der Waals surface area contributed by atoms with Crippen molar-refractivity contribution in [3.63, 3.8) is 0 Å². The number of rotatable bonds is 8. The first-order valence-electron chi connectivity index (χ1n) is 10.2. The summed E-state index contributed by atoms with van der Waals surface area (Å²) in [5.74, 6) is 2.75. The van der Waals surface area contributed by atoms with Gasteiger partial charge in [0.2, 0.25) is 5.91 Å². The minimum atomic E-state index is -0.0868. The maximum atomic E-state index is 12.3. The molecule has 7 nitrogen and oxygen atoms in total. The van der Waals surface area contributed by atoms with Gasteiger partial charge >= 0.3 is 0 Å². The minimum absolute atomic E-state index is 0.0728. The van der Waals surface area contributed by atoms with Crippen molar-refractivity contribution in [1.82, 2.24) is 15.3 Å². The van der Waals surface area contributed by atoms with Crippen LogP contribution in [-0.4, -0.2) is 47.2 Å². The number of ketones is 1. The molecule has 1 fully saturated rings. The zero-order valence-electron chi connectivity index (χ0n) is 17.2. The molecule has 2 aliphatic rings. The van der Waals surface area contributed by atoms with Crippen molar-refractivity contribution in [2.75, 3.05) is 25.5 Å². The van der Waals surface area contributed by atoms with E-state index in [2.05, 4.69) is 15.3 Å². The number of nitrogens with zero attached hydrogens (tertiary/aromatic N) is 2. The summed E-state index contributed by atoms with van der Waals surface area (Å²) in [6, 6.07) is 5.84. The van der Waals surface area contributed by atoms with Gasteiger partial charge in [-0.2, -0.15) is 0 Å². The van der Waals surface area contributed by atoms with E-state index in [9.17, 15) is 9.59 Å². The van der Waals surface area contributed by atoms with Crippen molar-refractivity contribution < 1.29 is 19.1 Å². The predicted octanol–water partition coefficient (Wildman–Crippen LogP) is 3.09. The first-order chi connectivity index (χ1) is 14.5. The normalized spacial score (nSPS) is 15.0. The Morgan fingerprint density at radius 1 is 1.17 bits per heavy atom. The lowest BCUT2D eigenvalue weighted by atomic mass is 10.1. The fourth-order valence-corrected chi connectivity index (χ4v) is 4.34. The third-order valence-electron chi connectivity index (χ3n) is 5.05. The van der Waals surface area contributed by atoms with Crippen LogP contribution in [0.2, 0.25) is 0 Å². The topological polar surface area (TPSA) is 90.4 Å². The number of carbonyl (C=O) groups is 2. The highest BCUT2D eigenvalue weighted by Gasteiger charge is 2.29. The molecule has 1 N–H and O–H groups in total. The summed E-state index contributed by atoms with van der Waals surface area (Å²) in [6.07, 6.45) is 2.87. The molecule has 8 heteroatoms. The monoisotopic (exact) mass is 427 g/mol. The zero-order valence-corrected chi connectivity index (χ0v) is 18.0. The van der Waals surface area contributed by atoms with Gasteiger partial charge in [0.25, 0.3) is 0 Å². The molecule has 2 aromatic rings. The highest BCUT2D eigenvalue weighted by molar-refractivity contribution is 8.00. The van der Waals surface area contributed by atoms with Crippen LogP contribution < -0.4 is 14.8 Å². The zero-order chi connectivity index (χ0) is 21.1. The van der Waals surface area contributed by atoms with E-state index in [0.717, 1.165) is 35.7 Å². The van der Waals surface area contributed by atoms with E-state index in [1.165, 1.54) is 18.7 Å². The quantitative estimate of drug-likeness (QED) is 0.393. The van der Waals surface area contributed by atoms with Gasteiger partial charge in [0.1, 0.15) is 24.1 Å². The van der Waals surface area contributed by atoms with Crippen LogP contribution >= 0.6 is 11.8 Å². The predicted molar refractivity (Wildman–Crippen MR) is 114 cm³/mol. The van der Waals surface area contributed by atoms with Crippen molar-refractivity contribution in [1.29, 1.82) is 0 Å². The summed E-state index contributed by atoms with van der Waals surface area (Å²) in [4.78, 5) is 33.5. The molecule has 4 rings (SSSR count). The molecule has 0 unspecified atom stereocenters. The lowest BCUT2D eigenvalue weighted by Gasteiger charge is -2.18. The molecule has 1 aromatic heterocycles. The molecular formula is C22H25N3O4S. The third-order valence-corrected chi connectivity index (χ3v) is 6.03. The average molecular weight is 428 g/mol. The van der Waals surface area contributed by atoms with E-state index >= 15 is 0 Å². The lowest BCUT2D eigenvalue weighted by Crippen LogP contribution is -2.27. The van der Waals surface area contributed by atoms with Crippen molar-refractivity contribution in [2.24, 2.45) is 0 Å². The van der Waals surface area contributed by atoms with E-state index < -0.39 is 0 Å². The van der Waals surface area contributed by atoms with Crippen molar-refractivity contribution >= 4 is 23.5 Å². The van der Waals surface area contributed by atoms with Crippen LogP contribution in [0.5, 0.6) is 11.5 Å². The molecule has 2 heterocycles. The summed E-state index contributed by atoms with van der Waals surface area (Å²) in [5.41, 5.74) is 2.29. The second-order valence-corrected chi connectivity index (χ2v) is 8.51. The number of aromatic nitrogens is 2. The van der Waals surface area contributed by atoms with E-state index in [0.29, 0.717) is 48.4 Å². The molecule has 158 valence electrons. The number of hydrogen-bond donors (Lipinski definition) is 1. The van der Waals surface area contributed by atoms with Crippen LogP contribution in [0.1, 0.15) is 53.1 Å². The summed E-state index contributed by atoms with van der Waals surface area (Å²) in [6.45, 7) is 4.99. The Morgan fingerprint density at radius 2 is 1.93 bits per heavy atom. The van der Waals surface area contributed by atoms with E-state index in [4.69, 9.17) is 9.47 Å².